The van der Waals surface area contributed by atoms with Gasteiger partial charge in [0.1, 0.15) is 0 Å². The fourth-order valence-corrected chi connectivity index (χ4v) is 4.23. The lowest BCUT2D eigenvalue weighted by atomic mass is 10.0. The summed E-state index contributed by atoms with van der Waals surface area (Å²) < 4.78 is 12.9. The second kappa shape index (κ2) is 8.41. The highest BCUT2D eigenvalue weighted by atomic mass is 16.7. The Bertz CT molecular complexity index is 984. The zero-order valence-electron chi connectivity index (χ0n) is 17.1. The zero-order valence-corrected chi connectivity index (χ0v) is 17.1. The molecule has 1 fully saturated rings. The number of tetrazole rings is 1. The van der Waals surface area contributed by atoms with E-state index >= 15 is 0 Å². The summed E-state index contributed by atoms with van der Waals surface area (Å²) in [5.74, 6) is 2.42. The molecular formula is C22H26N6O2. The van der Waals surface area contributed by atoms with Crippen LogP contribution in [0.2, 0.25) is 0 Å². The van der Waals surface area contributed by atoms with Crippen molar-refractivity contribution in [3.8, 4) is 11.5 Å². The lowest BCUT2D eigenvalue weighted by Gasteiger charge is -2.38. The number of nitrogens with zero attached hydrogens (tertiary/aromatic N) is 6. The van der Waals surface area contributed by atoms with E-state index in [2.05, 4.69) is 56.5 Å². The van der Waals surface area contributed by atoms with Gasteiger partial charge < -0.3 is 14.4 Å². The molecule has 0 N–H and O–H groups in total. The van der Waals surface area contributed by atoms with Gasteiger partial charge in [-0.1, -0.05) is 43.3 Å². The molecule has 3 aromatic rings. The van der Waals surface area contributed by atoms with Gasteiger partial charge in [0.05, 0.1) is 12.6 Å². The van der Waals surface area contributed by atoms with Crippen LogP contribution in [-0.4, -0.2) is 69.5 Å². The maximum absolute atomic E-state index is 5.53. The van der Waals surface area contributed by atoms with Crippen LogP contribution in [0.3, 0.4) is 0 Å². The molecule has 30 heavy (non-hydrogen) atoms. The maximum Gasteiger partial charge on any atom is 0.231 e. The van der Waals surface area contributed by atoms with Crippen molar-refractivity contribution < 1.29 is 9.47 Å². The highest BCUT2D eigenvalue weighted by Crippen LogP contribution is 2.33. The molecule has 1 atom stereocenters. The monoisotopic (exact) mass is 406 g/mol. The van der Waals surface area contributed by atoms with E-state index in [-0.39, 0.29) is 12.8 Å². The first-order valence-electron chi connectivity index (χ1n) is 10.5. The Balaban J connectivity index is 1.45. The first kappa shape index (κ1) is 19.0. The van der Waals surface area contributed by atoms with Crippen LogP contribution in [0.5, 0.6) is 11.5 Å². The molecule has 0 unspecified atom stereocenters. The minimum Gasteiger partial charge on any atom is -0.454 e. The molecule has 0 radical (unpaired) electrons. The number of hydrogen-bond donors (Lipinski definition) is 0. The first-order valence-corrected chi connectivity index (χ1v) is 10.5. The molecule has 0 spiro atoms. The van der Waals surface area contributed by atoms with Crippen LogP contribution in [0.15, 0.2) is 48.5 Å². The fourth-order valence-electron chi connectivity index (χ4n) is 4.23. The molecule has 0 amide bonds. The van der Waals surface area contributed by atoms with Gasteiger partial charge in [-0.05, 0) is 40.2 Å². The van der Waals surface area contributed by atoms with Gasteiger partial charge >= 0.3 is 0 Å². The number of ether oxygens (including phenoxy) is 2. The predicted molar refractivity (Wildman–Crippen MR) is 111 cm³/mol. The van der Waals surface area contributed by atoms with E-state index in [1.807, 2.05) is 28.9 Å². The van der Waals surface area contributed by atoms with Crippen LogP contribution in [0.1, 0.15) is 29.9 Å². The average molecular weight is 406 g/mol. The quantitative estimate of drug-likeness (QED) is 0.621. The normalized spacial score (nSPS) is 17.9. The third kappa shape index (κ3) is 3.76. The van der Waals surface area contributed by atoms with Crippen LogP contribution in [0.4, 0.5) is 0 Å². The van der Waals surface area contributed by atoms with Crippen molar-refractivity contribution >= 4 is 0 Å². The summed E-state index contributed by atoms with van der Waals surface area (Å²) in [4.78, 5) is 4.97. The van der Waals surface area contributed by atoms with E-state index in [1.54, 1.807) is 0 Å². The molecular weight excluding hydrogens is 380 g/mol. The predicted octanol–water partition coefficient (Wildman–Crippen LogP) is 2.18. The Morgan fingerprint density at radius 1 is 0.967 bits per heavy atom. The summed E-state index contributed by atoms with van der Waals surface area (Å²) in [6, 6.07) is 16.5. The van der Waals surface area contributed by atoms with Gasteiger partial charge in [-0.25, -0.2) is 4.68 Å². The van der Waals surface area contributed by atoms with Crippen LogP contribution in [0, 0.1) is 0 Å². The summed E-state index contributed by atoms with van der Waals surface area (Å²) >= 11 is 0. The van der Waals surface area contributed by atoms with Crippen molar-refractivity contribution in [3.05, 3.63) is 65.5 Å². The molecule has 2 aliphatic rings. The molecule has 0 saturated carbocycles. The molecule has 8 nitrogen and oxygen atoms in total. The number of benzene rings is 2. The number of fused-ring (bicyclic) bond motifs is 1. The smallest absolute Gasteiger partial charge is 0.231 e. The number of aromatic nitrogens is 4. The SMILES string of the molecule is CCN1CCN([C@H](c2ccccc2)c2nnnn2Cc2ccc3c(c2)OCO3)CC1. The van der Waals surface area contributed by atoms with Crippen molar-refractivity contribution in [2.24, 2.45) is 0 Å². The van der Waals surface area contributed by atoms with Gasteiger partial charge in [-0.2, -0.15) is 0 Å². The molecule has 2 aliphatic heterocycles. The minimum atomic E-state index is 0.0224. The van der Waals surface area contributed by atoms with Crippen molar-refractivity contribution in [3.63, 3.8) is 0 Å². The standard InChI is InChI=1S/C22H26N6O2/c1-2-26-10-12-27(13-11-26)21(18-6-4-3-5-7-18)22-23-24-25-28(22)15-17-8-9-19-20(14-17)30-16-29-19/h3-9,14,21H,2,10-13,15-16H2,1H3/t21-/m1/s1. The lowest BCUT2D eigenvalue weighted by molar-refractivity contribution is 0.108. The first-order chi connectivity index (χ1) is 14.8. The van der Waals surface area contributed by atoms with Gasteiger partial charge in [0.2, 0.25) is 6.79 Å². The van der Waals surface area contributed by atoms with E-state index in [9.17, 15) is 0 Å². The lowest BCUT2D eigenvalue weighted by Crippen LogP contribution is -2.48. The second-order valence-electron chi connectivity index (χ2n) is 7.67. The molecule has 1 saturated heterocycles. The molecule has 3 heterocycles. The number of rotatable bonds is 6. The molecule has 5 rings (SSSR count). The fraction of sp³-hybridized carbons (Fsp3) is 0.409. The highest BCUT2D eigenvalue weighted by Gasteiger charge is 2.30. The average Bonchev–Trinajstić information content (AvgIpc) is 3.45. The van der Waals surface area contributed by atoms with Crippen molar-refractivity contribution in [2.45, 2.75) is 19.5 Å². The molecule has 156 valence electrons. The summed E-state index contributed by atoms with van der Waals surface area (Å²) in [6.45, 7) is 8.26. The summed E-state index contributed by atoms with van der Waals surface area (Å²) in [6.07, 6.45) is 0. The number of hydrogen-bond acceptors (Lipinski definition) is 7. The van der Waals surface area contributed by atoms with Crippen molar-refractivity contribution in [1.82, 2.24) is 30.0 Å². The van der Waals surface area contributed by atoms with E-state index in [0.717, 1.165) is 55.6 Å². The van der Waals surface area contributed by atoms with Gasteiger partial charge in [0.25, 0.3) is 0 Å². The van der Waals surface area contributed by atoms with Gasteiger partial charge in [-0.3, -0.25) is 4.90 Å². The van der Waals surface area contributed by atoms with E-state index in [1.165, 1.54) is 5.56 Å². The number of piperazine rings is 1. The molecule has 8 heteroatoms. The number of likely N-dealkylation sites (N-methyl/N-ethyl adjacent to an activating group) is 1. The Labute approximate surface area is 176 Å². The van der Waals surface area contributed by atoms with Gasteiger partial charge in [0.15, 0.2) is 17.3 Å². The summed E-state index contributed by atoms with van der Waals surface area (Å²) in [5, 5.41) is 12.8. The Morgan fingerprint density at radius 2 is 1.77 bits per heavy atom. The largest absolute Gasteiger partial charge is 0.454 e. The van der Waals surface area contributed by atoms with Crippen LogP contribution in [-0.2, 0) is 6.54 Å². The Morgan fingerprint density at radius 3 is 2.57 bits per heavy atom. The van der Waals surface area contributed by atoms with E-state index < -0.39 is 0 Å². The second-order valence-corrected chi connectivity index (χ2v) is 7.67. The van der Waals surface area contributed by atoms with E-state index in [0.29, 0.717) is 6.54 Å². The molecule has 2 aromatic carbocycles. The Kier molecular flexibility index (Phi) is 5.33. The molecule has 0 bridgehead atoms. The van der Waals surface area contributed by atoms with Gasteiger partial charge in [-0.15, -0.1) is 5.10 Å². The third-order valence-corrected chi connectivity index (χ3v) is 5.91. The highest BCUT2D eigenvalue weighted by molar-refractivity contribution is 5.44. The molecule has 0 aliphatic carbocycles. The van der Waals surface area contributed by atoms with Gasteiger partial charge in [0, 0.05) is 26.2 Å². The third-order valence-electron chi connectivity index (χ3n) is 5.91. The minimum absolute atomic E-state index is 0.0224. The van der Waals surface area contributed by atoms with Crippen LogP contribution >= 0.6 is 0 Å². The Hall–Kier alpha value is -2.97. The van der Waals surface area contributed by atoms with Crippen molar-refractivity contribution in [1.29, 1.82) is 0 Å². The van der Waals surface area contributed by atoms with Crippen molar-refractivity contribution in [2.75, 3.05) is 39.5 Å². The van der Waals surface area contributed by atoms with Crippen LogP contribution < -0.4 is 9.47 Å². The topological polar surface area (TPSA) is 68.5 Å². The maximum atomic E-state index is 5.53. The zero-order chi connectivity index (χ0) is 20.3. The summed E-state index contributed by atoms with van der Waals surface area (Å²) in [7, 11) is 0. The molecule has 1 aromatic heterocycles. The summed E-state index contributed by atoms with van der Waals surface area (Å²) in [5.41, 5.74) is 2.29. The van der Waals surface area contributed by atoms with Crippen LogP contribution in [0.25, 0.3) is 0 Å². The van der Waals surface area contributed by atoms with E-state index in [4.69, 9.17) is 9.47 Å².